The van der Waals surface area contributed by atoms with Crippen LogP contribution < -0.4 is 5.32 Å². The summed E-state index contributed by atoms with van der Waals surface area (Å²) in [5, 5.41) is 2.66. The molecule has 1 amide bonds. The van der Waals surface area contributed by atoms with E-state index in [-0.39, 0.29) is 5.91 Å². The van der Waals surface area contributed by atoms with Crippen LogP contribution in [0.5, 0.6) is 0 Å². The number of aryl methyl sites for hydroxylation is 1. The average Bonchev–Trinajstić information content (AvgIpc) is 2.76. The molecule has 0 aliphatic heterocycles. The fourth-order valence-electron chi connectivity index (χ4n) is 1.11. The molecule has 0 saturated heterocycles. The Kier molecular flexibility index (Phi) is 2.59. The second-order valence-electron chi connectivity index (χ2n) is 2.92. The molecule has 78 valence electrons. The van der Waals surface area contributed by atoms with Gasteiger partial charge in [0.25, 0.3) is 5.91 Å². The van der Waals surface area contributed by atoms with Crippen LogP contribution in [0.3, 0.4) is 0 Å². The van der Waals surface area contributed by atoms with Crippen molar-refractivity contribution in [1.82, 2.24) is 9.55 Å². The predicted molar refractivity (Wildman–Crippen MR) is 57.6 cm³/mol. The second-order valence-corrected chi connectivity index (χ2v) is 3.64. The molecule has 0 aromatic carbocycles. The minimum absolute atomic E-state index is 0.259. The van der Waals surface area contributed by atoms with Crippen molar-refractivity contribution in [2.45, 2.75) is 0 Å². The van der Waals surface area contributed by atoms with Gasteiger partial charge in [-0.3, -0.25) is 10.1 Å². The number of halogens is 1. The SMILES string of the molecule is Cn1ccnc1NC(=O)c1ccoc1Br. The molecule has 0 bridgehead atoms. The van der Waals surface area contributed by atoms with Gasteiger partial charge in [0.2, 0.25) is 5.95 Å². The molecule has 0 aliphatic rings. The number of carbonyl (C=O) groups is 1. The van der Waals surface area contributed by atoms with E-state index in [2.05, 4.69) is 26.2 Å². The number of anilines is 1. The third kappa shape index (κ3) is 1.94. The summed E-state index contributed by atoms with van der Waals surface area (Å²) in [6.45, 7) is 0. The number of nitrogens with zero attached hydrogens (tertiary/aromatic N) is 2. The third-order valence-corrected chi connectivity index (χ3v) is 2.52. The quantitative estimate of drug-likeness (QED) is 0.908. The van der Waals surface area contributed by atoms with Crippen molar-refractivity contribution in [3.8, 4) is 0 Å². The monoisotopic (exact) mass is 269 g/mol. The molecule has 0 atom stereocenters. The Bertz CT molecular complexity index is 489. The zero-order valence-corrected chi connectivity index (χ0v) is 9.48. The number of hydrogen-bond donors (Lipinski definition) is 1. The van der Waals surface area contributed by atoms with E-state index >= 15 is 0 Å². The van der Waals surface area contributed by atoms with Crippen LogP contribution in [0.2, 0.25) is 0 Å². The molecular formula is C9H8BrN3O2. The summed E-state index contributed by atoms with van der Waals surface area (Å²) in [6.07, 6.45) is 4.80. The molecule has 0 fully saturated rings. The highest BCUT2D eigenvalue weighted by Gasteiger charge is 2.13. The number of rotatable bonds is 2. The number of imidazole rings is 1. The van der Waals surface area contributed by atoms with Crippen LogP contribution in [-0.4, -0.2) is 15.5 Å². The summed E-state index contributed by atoms with van der Waals surface area (Å²) in [4.78, 5) is 15.7. The largest absolute Gasteiger partial charge is 0.457 e. The van der Waals surface area contributed by atoms with E-state index in [0.29, 0.717) is 16.2 Å². The van der Waals surface area contributed by atoms with Gasteiger partial charge in [-0.2, -0.15) is 0 Å². The summed E-state index contributed by atoms with van der Waals surface area (Å²) in [5.74, 6) is 0.234. The lowest BCUT2D eigenvalue weighted by Gasteiger charge is -2.02. The first kappa shape index (κ1) is 9.97. The Balaban J connectivity index is 2.18. The fourth-order valence-corrected chi connectivity index (χ4v) is 1.53. The second kappa shape index (κ2) is 3.90. The molecule has 0 unspecified atom stereocenters. The normalized spacial score (nSPS) is 10.3. The van der Waals surface area contributed by atoms with E-state index in [4.69, 9.17) is 4.42 Å². The van der Waals surface area contributed by atoms with E-state index in [1.807, 2.05) is 0 Å². The maximum Gasteiger partial charge on any atom is 0.262 e. The highest BCUT2D eigenvalue weighted by Crippen LogP contribution is 2.18. The van der Waals surface area contributed by atoms with Gasteiger partial charge in [0.05, 0.1) is 11.8 Å². The van der Waals surface area contributed by atoms with Gasteiger partial charge in [0.15, 0.2) is 4.67 Å². The molecule has 0 saturated carbocycles. The highest BCUT2D eigenvalue weighted by atomic mass is 79.9. The van der Waals surface area contributed by atoms with E-state index in [1.54, 1.807) is 30.1 Å². The summed E-state index contributed by atoms with van der Waals surface area (Å²) in [5.41, 5.74) is 0.443. The van der Waals surface area contributed by atoms with Gasteiger partial charge < -0.3 is 8.98 Å². The molecule has 5 nitrogen and oxygen atoms in total. The first-order valence-corrected chi connectivity index (χ1v) is 4.99. The minimum atomic E-state index is -0.259. The maximum atomic E-state index is 11.7. The van der Waals surface area contributed by atoms with Gasteiger partial charge in [0, 0.05) is 19.4 Å². The van der Waals surface area contributed by atoms with E-state index in [9.17, 15) is 4.79 Å². The van der Waals surface area contributed by atoms with Gasteiger partial charge >= 0.3 is 0 Å². The molecule has 0 spiro atoms. The number of carbonyl (C=O) groups excluding carboxylic acids is 1. The lowest BCUT2D eigenvalue weighted by molar-refractivity contribution is 0.102. The van der Waals surface area contributed by atoms with Crippen LogP contribution in [0.25, 0.3) is 0 Å². The Morgan fingerprint density at radius 1 is 1.67 bits per heavy atom. The average molecular weight is 270 g/mol. The summed E-state index contributed by atoms with van der Waals surface area (Å²) in [6, 6.07) is 1.59. The molecule has 2 rings (SSSR count). The van der Waals surface area contributed by atoms with Crippen LogP contribution in [0.1, 0.15) is 10.4 Å². The topological polar surface area (TPSA) is 60.1 Å². The van der Waals surface area contributed by atoms with Gasteiger partial charge in [0.1, 0.15) is 0 Å². The van der Waals surface area contributed by atoms with E-state index in [0.717, 1.165) is 0 Å². The molecule has 2 aromatic heterocycles. The Morgan fingerprint density at radius 3 is 3.00 bits per heavy atom. The van der Waals surface area contributed by atoms with Gasteiger partial charge in [-0.1, -0.05) is 0 Å². The molecule has 0 radical (unpaired) electrons. The molecule has 0 aliphatic carbocycles. The van der Waals surface area contributed by atoms with Gasteiger partial charge in [-0.15, -0.1) is 0 Å². The first-order valence-electron chi connectivity index (χ1n) is 4.20. The van der Waals surface area contributed by atoms with Gasteiger partial charge in [-0.05, 0) is 22.0 Å². The fraction of sp³-hybridized carbons (Fsp3) is 0.111. The van der Waals surface area contributed by atoms with Crippen LogP contribution in [-0.2, 0) is 7.05 Å². The number of amides is 1. The van der Waals surface area contributed by atoms with Crippen molar-refractivity contribution in [3.05, 3.63) is 35.0 Å². The lowest BCUT2D eigenvalue weighted by Crippen LogP contribution is -2.14. The van der Waals surface area contributed by atoms with Crippen LogP contribution in [0.15, 0.2) is 33.8 Å². The first-order chi connectivity index (χ1) is 7.18. The standard InChI is InChI=1S/C9H8BrN3O2/c1-13-4-3-11-9(13)12-8(14)6-2-5-15-7(6)10/h2-5H,1H3,(H,11,12,14). The number of nitrogens with one attached hydrogen (secondary N) is 1. The van der Waals surface area contributed by atoms with E-state index < -0.39 is 0 Å². The predicted octanol–water partition coefficient (Wildman–Crippen LogP) is 2.03. The molecule has 6 heteroatoms. The number of hydrogen-bond acceptors (Lipinski definition) is 3. The molecule has 15 heavy (non-hydrogen) atoms. The maximum absolute atomic E-state index is 11.7. The summed E-state index contributed by atoms with van der Waals surface area (Å²) < 4.78 is 7.09. The summed E-state index contributed by atoms with van der Waals surface area (Å²) in [7, 11) is 1.80. The van der Waals surface area contributed by atoms with Crippen LogP contribution in [0, 0.1) is 0 Å². The molecule has 2 aromatic rings. The molecule has 1 N–H and O–H groups in total. The number of furan rings is 1. The van der Waals surface area contributed by atoms with Gasteiger partial charge in [-0.25, -0.2) is 4.98 Å². The molecule has 2 heterocycles. The van der Waals surface area contributed by atoms with Crippen molar-refractivity contribution in [2.75, 3.05) is 5.32 Å². The zero-order chi connectivity index (χ0) is 10.8. The molecular weight excluding hydrogens is 262 g/mol. The van der Waals surface area contributed by atoms with E-state index in [1.165, 1.54) is 6.26 Å². The Morgan fingerprint density at radius 2 is 2.47 bits per heavy atom. The van der Waals surface area contributed by atoms with Crippen LogP contribution in [0.4, 0.5) is 5.95 Å². The van der Waals surface area contributed by atoms with Crippen molar-refractivity contribution < 1.29 is 9.21 Å². The van der Waals surface area contributed by atoms with Crippen molar-refractivity contribution in [2.24, 2.45) is 7.05 Å². The smallest absolute Gasteiger partial charge is 0.262 e. The Labute approximate surface area is 94.2 Å². The van der Waals surface area contributed by atoms with Crippen molar-refractivity contribution in [3.63, 3.8) is 0 Å². The number of aromatic nitrogens is 2. The van der Waals surface area contributed by atoms with Crippen molar-refractivity contribution in [1.29, 1.82) is 0 Å². The zero-order valence-electron chi connectivity index (χ0n) is 7.90. The highest BCUT2D eigenvalue weighted by molar-refractivity contribution is 9.10. The summed E-state index contributed by atoms with van der Waals surface area (Å²) >= 11 is 3.13. The lowest BCUT2D eigenvalue weighted by atomic mass is 10.3. The minimum Gasteiger partial charge on any atom is -0.457 e. The third-order valence-electron chi connectivity index (χ3n) is 1.91. The van der Waals surface area contributed by atoms with Crippen molar-refractivity contribution >= 4 is 27.8 Å². The van der Waals surface area contributed by atoms with Crippen LogP contribution >= 0.6 is 15.9 Å². The Hall–Kier alpha value is -1.56.